The number of benzene rings is 6. The maximum absolute atomic E-state index is 15.4. The number of fused-ring (bicyclic) bond motifs is 5. The summed E-state index contributed by atoms with van der Waals surface area (Å²) < 4.78 is 84.6. The predicted octanol–water partition coefficient (Wildman–Crippen LogP) is 12.6. The Hall–Kier alpha value is -6.12. The molecule has 9 heteroatoms. The molecule has 0 atom stereocenters. The maximum Gasteiger partial charge on any atom is 0.216 e. The molecule has 0 saturated heterocycles. The first-order valence-corrected chi connectivity index (χ1v) is 22.2. The van der Waals surface area contributed by atoms with E-state index >= 15 is 4.39 Å². The minimum absolute atomic E-state index is 0. The molecule has 5 nitrogen and oxygen atoms in total. The second-order valence-corrected chi connectivity index (χ2v) is 20.0. The number of hydrogen-bond donors (Lipinski definition) is 0. The number of hydrogen-bond acceptors (Lipinski definition) is 4. The van der Waals surface area contributed by atoms with E-state index in [0.717, 1.165) is 32.4 Å². The van der Waals surface area contributed by atoms with Crippen molar-refractivity contribution in [2.75, 3.05) is 0 Å². The molecular weight excluding hydrogens is 931 g/mol. The van der Waals surface area contributed by atoms with Gasteiger partial charge in [0.1, 0.15) is 5.82 Å². The van der Waals surface area contributed by atoms with Gasteiger partial charge < -0.3 is 14.0 Å². The molecule has 4 aromatic heterocycles. The van der Waals surface area contributed by atoms with Crippen molar-refractivity contribution in [2.45, 2.75) is 33.3 Å². The van der Waals surface area contributed by atoms with Crippen LogP contribution in [0.2, 0.25) is 19.6 Å². The first-order chi connectivity index (χ1) is 30.5. The Morgan fingerprint density at radius 3 is 2.27 bits per heavy atom. The molecular formula is C50H38F2IrN4OSi-2. The molecule has 10 rings (SSSR count). The monoisotopic (exact) mass is 975 g/mol. The van der Waals surface area contributed by atoms with Gasteiger partial charge in [0, 0.05) is 57.0 Å². The number of para-hydroxylation sites is 1. The number of halogens is 2. The molecule has 0 fully saturated rings. The first kappa shape index (κ1) is 32.8. The summed E-state index contributed by atoms with van der Waals surface area (Å²) in [7, 11) is -1.85. The summed E-state index contributed by atoms with van der Waals surface area (Å²) in [6.45, 7) is 1.66. The zero-order valence-electron chi connectivity index (χ0n) is 38.1. The topological polar surface area (TPSA) is 56.7 Å². The van der Waals surface area contributed by atoms with Crippen molar-refractivity contribution in [1.29, 1.82) is 0 Å². The number of imidazole rings is 1. The third kappa shape index (κ3) is 7.42. The quantitative estimate of drug-likeness (QED) is 0.127. The normalized spacial score (nSPS) is 13.4. The van der Waals surface area contributed by atoms with E-state index in [0.29, 0.717) is 50.7 Å². The molecule has 1 radical (unpaired) electrons. The fourth-order valence-electron chi connectivity index (χ4n) is 7.27. The molecule has 293 valence electrons. The molecule has 0 aliphatic heterocycles. The van der Waals surface area contributed by atoms with Crippen molar-refractivity contribution < 1.29 is 41.5 Å². The Morgan fingerprint density at radius 2 is 1.46 bits per heavy atom. The summed E-state index contributed by atoms with van der Waals surface area (Å²) in [5.41, 5.74) is 5.04. The third-order valence-electron chi connectivity index (χ3n) is 10.1. The molecule has 0 saturated carbocycles. The van der Waals surface area contributed by atoms with E-state index in [1.165, 1.54) is 18.2 Å². The second kappa shape index (κ2) is 15.9. The van der Waals surface area contributed by atoms with Crippen LogP contribution in [0.25, 0.3) is 83.5 Å². The van der Waals surface area contributed by atoms with Gasteiger partial charge in [-0.2, -0.15) is 0 Å². The van der Waals surface area contributed by atoms with E-state index < -0.39 is 27.6 Å². The van der Waals surface area contributed by atoms with E-state index in [4.69, 9.17) is 22.6 Å². The SMILES string of the molecule is [2H]C([2H])([2H])c1cc(-c2[c-]cccc2F)ncc1[Si](C)(C)C.[2H]C([2H])([2H])c1ccccc1-c1ccc2c(n1)oc1c(-c3nc4cccc(F)c4n3-c3ccc4ccccc4c3)[c-]ccc12.[Ir]. The largest absolute Gasteiger partial charge is 0.486 e. The number of nitrogens with zero attached hydrogens (tertiary/aromatic N) is 4. The van der Waals surface area contributed by atoms with Crippen molar-refractivity contribution in [3.05, 3.63) is 175 Å². The predicted molar refractivity (Wildman–Crippen MR) is 234 cm³/mol. The van der Waals surface area contributed by atoms with Crippen LogP contribution < -0.4 is 5.19 Å². The van der Waals surface area contributed by atoms with Gasteiger partial charge in [-0.25, -0.2) is 9.37 Å². The molecule has 0 aliphatic carbocycles. The Morgan fingerprint density at radius 1 is 0.678 bits per heavy atom. The van der Waals surface area contributed by atoms with Crippen molar-refractivity contribution >= 4 is 57.1 Å². The van der Waals surface area contributed by atoms with Gasteiger partial charge in [0.25, 0.3) is 0 Å². The van der Waals surface area contributed by atoms with Crippen molar-refractivity contribution in [3.8, 4) is 39.6 Å². The number of pyridine rings is 2. The molecule has 4 heterocycles. The minimum atomic E-state index is -2.29. The smallest absolute Gasteiger partial charge is 0.216 e. The third-order valence-corrected chi connectivity index (χ3v) is 12.1. The Balaban J connectivity index is 0.000000222. The van der Waals surface area contributed by atoms with E-state index in [2.05, 4.69) is 36.8 Å². The van der Waals surface area contributed by atoms with E-state index in [1.807, 2.05) is 54.6 Å². The summed E-state index contributed by atoms with van der Waals surface area (Å²) in [5.74, 6) is -0.365. The van der Waals surface area contributed by atoms with Crippen molar-refractivity contribution in [2.24, 2.45) is 0 Å². The number of furan rings is 1. The average molecular weight is 975 g/mol. The summed E-state index contributed by atoms with van der Waals surface area (Å²) in [6, 6.07) is 45.1. The number of aryl methyl sites for hydroxylation is 2. The van der Waals surface area contributed by atoms with Gasteiger partial charge in [-0.15, -0.1) is 42.5 Å². The van der Waals surface area contributed by atoms with Crippen LogP contribution in [0.5, 0.6) is 0 Å². The molecule has 0 bridgehead atoms. The van der Waals surface area contributed by atoms with Crippen LogP contribution in [0.15, 0.2) is 144 Å². The standard InChI is InChI=1S/C35H21FN3O.C15H17FNSi.Ir/c1-21-8-2-5-11-25(21)30-19-18-27-26-12-6-13-28(33(26)40-35(27)38-30)34-37-31-15-7-14-29(36)32(31)39(34)24-17-16-22-9-3-4-10-23(22)20-24;1-11-9-14(12-7-5-6-8-13(12)16)17-10-15(11)18(2,3)4;/h2-12,14-20H,1H3;5-6,8-10H,1-4H3;/q2*-1;/i2*1D3;. The summed E-state index contributed by atoms with van der Waals surface area (Å²) >= 11 is 0. The fourth-order valence-corrected chi connectivity index (χ4v) is 8.60. The Bertz CT molecular complexity index is 3420. The zero-order chi connectivity index (χ0) is 45.1. The van der Waals surface area contributed by atoms with Crippen LogP contribution >= 0.6 is 0 Å². The van der Waals surface area contributed by atoms with Crippen molar-refractivity contribution in [1.82, 2.24) is 19.5 Å². The molecule has 0 amide bonds. The first-order valence-electron chi connectivity index (χ1n) is 21.7. The molecule has 0 unspecified atom stereocenters. The van der Waals surface area contributed by atoms with Crippen LogP contribution in [-0.2, 0) is 20.1 Å². The van der Waals surface area contributed by atoms with Gasteiger partial charge in [0.05, 0.1) is 36.2 Å². The number of aromatic nitrogens is 4. The van der Waals surface area contributed by atoms with Crippen LogP contribution in [0.1, 0.15) is 19.4 Å². The molecule has 59 heavy (non-hydrogen) atoms. The molecule has 10 aromatic rings. The zero-order valence-corrected chi connectivity index (χ0v) is 35.5. The second-order valence-electron chi connectivity index (χ2n) is 15.0. The molecule has 0 N–H and O–H groups in total. The van der Waals surface area contributed by atoms with Gasteiger partial charge in [-0.05, 0) is 77.3 Å². The molecule has 0 spiro atoms. The fraction of sp³-hybridized carbons (Fsp3) is 0.100. The van der Waals surface area contributed by atoms with Crippen LogP contribution in [0.4, 0.5) is 8.78 Å². The molecule has 0 aliphatic rings. The molecule has 6 aromatic carbocycles. The van der Waals surface area contributed by atoms with Crippen LogP contribution in [0, 0.1) is 37.5 Å². The maximum atomic E-state index is 15.4. The van der Waals surface area contributed by atoms with Gasteiger partial charge >= 0.3 is 0 Å². The number of rotatable bonds is 5. The van der Waals surface area contributed by atoms with Crippen LogP contribution in [0.3, 0.4) is 0 Å². The van der Waals surface area contributed by atoms with Gasteiger partial charge in [-0.1, -0.05) is 108 Å². The van der Waals surface area contributed by atoms with E-state index in [1.54, 1.807) is 71.4 Å². The van der Waals surface area contributed by atoms with Gasteiger partial charge in [0.15, 0.2) is 0 Å². The van der Waals surface area contributed by atoms with E-state index in [9.17, 15) is 4.39 Å². The van der Waals surface area contributed by atoms with Crippen LogP contribution in [-0.4, -0.2) is 27.6 Å². The summed E-state index contributed by atoms with van der Waals surface area (Å²) in [5, 5.41) is 4.43. The van der Waals surface area contributed by atoms with Crippen molar-refractivity contribution in [3.63, 3.8) is 0 Å². The summed E-state index contributed by atoms with van der Waals surface area (Å²) in [4.78, 5) is 13.9. The Labute approximate surface area is 364 Å². The van der Waals surface area contributed by atoms with E-state index in [-0.39, 0.29) is 42.6 Å². The van der Waals surface area contributed by atoms with Gasteiger partial charge in [0.2, 0.25) is 5.71 Å². The Kier molecular flexibility index (Phi) is 8.84. The average Bonchev–Trinajstić information content (AvgIpc) is 3.85. The summed E-state index contributed by atoms with van der Waals surface area (Å²) in [6.07, 6.45) is 1.59. The minimum Gasteiger partial charge on any atom is -0.486 e. The van der Waals surface area contributed by atoms with Gasteiger partial charge in [-0.3, -0.25) is 9.37 Å².